The van der Waals surface area contributed by atoms with E-state index in [-0.39, 0.29) is 6.04 Å². The van der Waals surface area contributed by atoms with Gasteiger partial charge in [0.1, 0.15) is 0 Å². The minimum absolute atomic E-state index is 0.0300. The monoisotopic (exact) mass is 285 g/mol. The van der Waals surface area contributed by atoms with Crippen LogP contribution in [0.5, 0.6) is 0 Å². The van der Waals surface area contributed by atoms with Crippen LogP contribution in [0.3, 0.4) is 0 Å². The second kappa shape index (κ2) is 4.47. The number of rotatable bonds is 3. The first kappa shape index (κ1) is 10.9. The summed E-state index contributed by atoms with van der Waals surface area (Å²) in [5.74, 6) is 0. The Hall–Kier alpha value is -0.650. The van der Waals surface area contributed by atoms with Crippen LogP contribution in [0.2, 0.25) is 0 Å². The summed E-state index contributed by atoms with van der Waals surface area (Å²) in [7, 11) is 1.91. The third-order valence-electron chi connectivity index (χ3n) is 2.21. The molecule has 0 fully saturated rings. The molecule has 2 rings (SSSR count). The van der Waals surface area contributed by atoms with Gasteiger partial charge in [-0.1, -0.05) is 0 Å². The van der Waals surface area contributed by atoms with E-state index in [1.165, 1.54) is 0 Å². The van der Waals surface area contributed by atoms with Crippen molar-refractivity contribution in [3.8, 4) is 0 Å². The second-order valence-corrected chi connectivity index (χ2v) is 5.77. The maximum atomic E-state index is 6.09. The standard InChI is InChI=1S/C10H12BrN3S/c1-14-3-2-8(13-14)5-9(12)7-4-10(11)15-6-7/h2-4,6,9H,5,12H2,1H3. The molecule has 0 aromatic carbocycles. The molecule has 1 unspecified atom stereocenters. The van der Waals surface area contributed by atoms with Crippen LogP contribution in [0, 0.1) is 0 Å². The SMILES string of the molecule is Cn1ccc(CC(N)c2csc(Br)c2)n1. The number of halogens is 1. The van der Waals surface area contributed by atoms with Gasteiger partial charge in [0.25, 0.3) is 0 Å². The van der Waals surface area contributed by atoms with E-state index in [1.54, 1.807) is 16.0 Å². The fourth-order valence-electron chi connectivity index (χ4n) is 1.43. The van der Waals surface area contributed by atoms with Crippen molar-refractivity contribution in [3.05, 3.63) is 38.8 Å². The Morgan fingerprint density at radius 1 is 1.67 bits per heavy atom. The molecule has 0 aliphatic heterocycles. The maximum Gasteiger partial charge on any atom is 0.0701 e. The van der Waals surface area contributed by atoms with Crippen LogP contribution >= 0.6 is 27.3 Å². The summed E-state index contributed by atoms with van der Waals surface area (Å²) < 4.78 is 2.92. The van der Waals surface area contributed by atoms with E-state index in [4.69, 9.17) is 5.73 Å². The van der Waals surface area contributed by atoms with Crippen LogP contribution in [-0.4, -0.2) is 9.78 Å². The molecule has 0 aliphatic rings. The molecule has 1 atom stereocenters. The van der Waals surface area contributed by atoms with Gasteiger partial charge in [-0.2, -0.15) is 5.10 Å². The van der Waals surface area contributed by atoms with Gasteiger partial charge >= 0.3 is 0 Å². The average molecular weight is 286 g/mol. The van der Waals surface area contributed by atoms with E-state index in [0.717, 1.165) is 21.5 Å². The molecule has 0 amide bonds. The molecule has 0 bridgehead atoms. The highest BCUT2D eigenvalue weighted by Crippen LogP contribution is 2.25. The first-order valence-corrected chi connectivity index (χ1v) is 6.30. The predicted molar refractivity (Wildman–Crippen MR) is 65.9 cm³/mol. The smallest absolute Gasteiger partial charge is 0.0701 e. The van der Waals surface area contributed by atoms with E-state index in [1.807, 2.05) is 19.3 Å². The Balaban J connectivity index is 2.06. The topological polar surface area (TPSA) is 43.8 Å². The molecule has 2 aromatic rings. The molecule has 2 N–H and O–H groups in total. The van der Waals surface area contributed by atoms with Crippen molar-refractivity contribution in [2.24, 2.45) is 12.8 Å². The Kier molecular flexibility index (Phi) is 3.23. The highest BCUT2D eigenvalue weighted by atomic mass is 79.9. The third-order valence-corrected chi connectivity index (χ3v) is 3.74. The van der Waals surface area contributed by atoms with Gasteiger partial charge in [-0.25, -0.2) is 0 Å². The summed E-state index contributed by atoms with van der Waals surface area (Å²) in [4.78, 5) is 0. The highest BCUT2D eigenvalue weighted by molar-refractivity contribution is 9.11. The van der Waals surface area contributed by atoms with Gasteiger partial charge < -0.3 is 5.73 Å². The molecule has 0 saturated heterocycles. The van der Waals surface area contributed by atoms with E-state index in [0.29, 0.717) is 0 Å². The maximum absolute atomic E-state index is 6.09. The Bertz CT molecular complexity index is 449. The van der Waals surface area contributed by atoms with E-state index in [2.05, 4.69) is 32.5 Å². The van der Waals surface area contributed by atoms with E-state index < -0.39 is 0 Å². The molecule has 3 nitrogen and oxygen atoms in total. The summed E-state index contributed by atoms with van der Waals surface area (Å²) in [5, 5.41) is 6.39. The molecular weight excluding hydrogens is 274 g/mol. The molecule has 0 radical (unpaired) electrons. The molecule has 2 heterocycles. The second-order valence-electron chi connectivity index (χ2n) is 3.48. The number of hydrogen-bond acceptors (Lipinski definition) is 3. The molecule has 5 heteroatoms. The largest absolute Gasteiger partial charge is 0.324 e. The van der Waals surface area contributed by atoms with Crippen LogP contribution in [0.15, 0.2) is 27.5 Å². The van der Waals surface area contributed by atoms with Gasteiger partial charge in [-0.15, -0.1) is 11.3 Å². The molecule has 2 aromatic heterocycles. The number of hydrogen-bond donors (Lipinski definition) is 1. The Labute approximate surface area is 101 Å². The summed E-state index contributed by atoms with van der Waals surface area (Å²) >= 11 is 5.09. The summed E-state index contributed by atoms with van der Waals surface area (Å²) in [6, 6.07) is 4.10. The molecule has 0 spiro atoms. The first-order chi connectivity index (χ1) is 7.15. The van der Waals surface area contributed by atoms with Crippen molar-refractivity contribution in [2.45, 2.75) is 12.5 Å². The lowest BCUT2D eigenvalue weighted by Gasteiger charge is -2.06. The number of aryl methyl sites for hydroxylation is 1. The Morgan fingerprint density at radius 3 is 3.00 bits per heavy atom. The fraction of sp³-hybridized carbons (Fsp3) is 0.300. The summed E-state index contributed by atoms with van der Waals surface area (Å²) in [6.45, 7) is 0. The number of nitrogens with zero attached hydrogens (tertiary/aromatic N) is 2. The van der Waals surface area contributed by atoms with Gasteiger partial charge in [0.05, 0.1) is 9.48 Å². The van der Waals surface area contributed by atoms with Crippen LogP contribution < -0.4 is 5.73 Å². The molecular formula is C10H12BrN3S. The van der Waals surface area contributed by atoms with Gasteiger partial charge in [-0.05, 0) is 39.0 Å². The lowest BCUT2D eigenvalue weighted by atomic mass is 10.1. The fourth-order valence-corrected chi connectivity index (χ4v) is 2.67. The first-order valence-electron chi connectivity index (χ1n) is 4.63. The van der Waals surface area contributed by atoms with Crippen molar-refractivity contribution in [3.63, 3.8) is 0 Å². The lowest BCUT2D eigenvalue weighted by Crippen LogP contribution is -2.12. The van der Waals surface area contributed by atoms with Gasteiger partial charge in [0.2, 0.25) is 0 Å². The van der Waals surface area contributed by atoms with Crippen LogP contribution in [0.1, 0.15) is 17.3 Å². The van der Waals surface area contributed by atoms with Crippen LogP contribution in [-0.2, 0) is 13.5 Å². The van der Waals surface area contributed by atoms with Crippen LogP contribution in [0.25, 0.3) is 0 Å². The average Bonchev–Trinajstić information content (AvgIpc) is 2.75. The summed E-state index contributed by atoms with van der Waals surface area (Å²) in [6.07, 6.45) is 2.72. The van der Waals surface area contributed by atoms with Crippen LogP contribution in [0.4, 0.5) is 0 Å². The number of aromatic nitrogens is 2. The van der Waals surface area contributed by atoms with E-state index in [9.17, 15) is 0 Å². The van der Waals surface area contributed by atoms with Crippen molar-refractivity contribution >= 4 is 27.3 Å². The molecule has 0 saturated carbocycles. The molecule has 80 valence electrons. The van der Waals surface area contributed by atoms with Crippen molar-refractivity contribution in [1.29, 1.82) is 0 Å². The van der Waals surface area contributed by atoms with Crippen molar-refractivity contribution in [2.75, 3.05) is 0 Å². The third kappa shape index (κ3) is 2.68. The number of thiophene rings is 1. The Morgan fingerprint density at radius 2 is 2.47 bits per heavy atom. The zero-order valence-electron chi connectivity index (χ0n) is 8.35. The lowest BCUT2D eigenvalue weighted by molar-refractivity contribution is 0.677. The minimum Gasteiger partial charge on any atom is -0.324 e. The minimum atomic E-state index is 0.0300. The predicted octanol–water partition coefficient (Wildman–Crippen LogP) is 2.49. The van der Waals surface area contributed by atoms with Crippen molar-refractivity contribution in [1.82, 2.24) is 9.78 Å². The zero-order chi connectivity index (χ0) is 10.8. The van der Waals surface area contributed by atoms with E-state index >= 15 is 0 Å². The van der Waals surface area contributed by atoms with Gasteiger partial charge in [-0.3, -0.25) is 4.68 Å². The highest BCUT2D eigenvalue weighted by Gasteiger charge is 2.10. The van der Waals surface area contributed by atoms with Crippen molar-refractivity contribution < 1.29 is 0 Å². The number of nitrogens with two attached hydrogens (primary N) is 1. The van der Waals surface area contributed by atoms with Gasteiger partial charge in [0, 0.05) is 25.7 Å². The van der Waals surface area contributed by atoms with Gasteiger partial charge in [0.15, 0.2) is 0 Å². The molecule has 15 heavy (non-hydrogen) atoms. The zero-order valence-corrected chi connectivity index (χ0v) is 10.8. The quantitative estimate of drug-likeness (QED) is 0.942. The normalized spacial score (nSPS) is 13.0. The summed E-state index contributed by atoms with van der Waals surface area (Å²) in [5.41, 5.74) is 8.29. The molecule has 0 aliphatic carbocycles.